The molecule has 0 spiro atoms. The Bertz CT molecular complexity index is 1410. The van der Waals surface area contributed by atoms with Crippen LogP contribution >= 0.6 is 0 Å². The van der Waals surface area contributed by atoms with E-state index in [4.69, 9.17) is 4.74 Å². The number of halogens is 3. The number of hydrogen-bond donors (Lipinski definition) is 0. The van der Waals surface area contributed by atoms with Crippen molar-refractivity contribution in [3.05, 3.63) is 76.5 Å². The Morgan fingerprint density at radius 3 is 2.38 bits per heavy atom. The molecule has 8 nitrogen and oxygen atoms in total. The highest BCUT2D eigenvalue weighted by Crippen LogP contribution is 2.45. The first-order valence-electron chi connectivity index (χ1n) is 13.0. The fourth-order valence-corrected chi connectivity index (χ4v) is 5.62. The second-order valence-corrected chi connectivity index (χ2v) is 10.0. The number of Topliss-reactive ketones (excluding diaryl/α,β-unsaturated/α-hetero) is 1. The summed E-state index contributed by atoms with van der Waals surface area (Å²) in [6.07, 6.45) is -2.72. The fourth-order valence-electron chi connectivity index (χ4n) is 5.62. The van der Waals surface area contributed by atoms with Crippen LogP contribution in [0.3, 0.4) is 0 Å². The van der Waals surface area contributed by atoms with E-state index >= 15 is 0 Å². The highest BCUT2D eigenvalue weighted by molar-refractivity contribution is 6.11. The van der Waals surface area contributed by atoms with Crippen LogP contribution in [0.4, 0.5) is 28.4 Å². The van der Waals surface area contributed by atoms with Crippen molar-refractivity contribution in [2.24, 2.45) is 0 Å². The SMILES string of the molecule is COC1CCN(C(=O)N2C(=O)N(c3cccc(C(F)(F)F)c3)C3=C(C(=O)CCC3)C2c2ccc(C#N)cc2)CC1. The number of carbonyl (C=O) groups excluding carboxylic acids is 3. The molecule has 2 aromatic carbocycles. The molecule has 0 N–H and O–H groups in total. The number of benzene rings is 2. The van der Waals surface area contributed by atoms with Gasteiger partial charge in [-0.25, -0.2) is 14.5 Å². The first-order chi connectivity index (χ1) is 19.1. The van der Waals surface area contributed by atoms with Crippen LogP contribution in [0.15, 0.2) is 59.8 Å². The summed E-state index contributed by atoms with van der Waals surface area (Å²) in [7, 11) is 1.59. The van der Waals surface area contributed by atoms with Crippen LogP contribution < -0.4 is 4.90 Å². The van der Waals surface area contributed by atoms with E-state index in [2.05, 4.69) is 0 Å². The molecule has 0 aromatic heterocycles. The summed E-state index contributed by atoms with van der Waals surface area (Å²) in [5.74, 6) is -0.282. The molecule has 11 heteroatoms. The van der Waals surface area contributed by atoms with Crippen LogP contribution in [0.5, 0.6) is 0 Å². The Labute approximate surface area is 229 Å². The number of piperidine rings is 1. The first-order valence-corrected chi connectivity index (χ1v) is 13.0. The van der Waals surface area contributed by atoms with Crippen molar-refractivity contribution < 1.29 is 32.3 Å². The molecular formula is C29H27F3N4O4. The molecule has 1 unspecified atom stereocenters. The molecule has 2 heterocycles. The Balaban J connectivity index is 1.67. The number of nitriles is 1. The van der Waals surface area contributed by atoms with Gasteiger partial charge < -0.3 is 9.64 Å². The first kappa shape index (κ1) is 27.4. The summed E-state index contributed by atoms with van der Waals surface area (Å²) in [5.41, 5.74) is 0.288. The van der Waals surface area contributed by atoms with E-state index in [0.29, 0.717) is 43.5 Å². The van der Waals surface area contributed by atoms with Gasteiger partial charge in [0.25, 0.3) is 0 Å². The molecule has 208 valence electrons. The quantitative estimate of drug-likeness (QED) is 0.480. The number of rotatable bonds is 3. The van der Waals surface area contributed by atoms with E-state index < -0.39 is 29.8 Å². The number of urea groups is 2. The van der Waals surface area contributed by atoms with E-state index in [1.165, 1.54) is 17.0 Å². The molecular weight excluding hydrogens is 525 g/mol. The molecule has 40 heavy (non-hydrogen) atoms. The summed E-state index contributed by atoms with van der Waals surface area (Å²) >= 11 is 0. The van der Waals surface area contributed by atoms with Gasteiger partial charge in [-0.15, -0.1) is 0 Å². The number of alkyl halides is 3. The number of ether oxygens (including phenoxy) is 1. The minimum absolute atomic E-state index is 0.0359. The van der Waals surface area contributed by atoms with Crippen molar-refractivity contribution >= 4 is 23.5 Å². The molecule has 0 saturated carbocycles. The van der Waals surface area contributed by atoms with Crippen molar-refractivity contribution in [1.29, 1.82) is 5.26 Å². The maximum Gasteiger partial charge on any atom is 0.416 e. The average molecular weight is 553 g/mol. The summed E-state index contributed by atoms with van der Waals surface area (Å²) in [6.45, 7) is 0.620. The number of ketones is 1. The second-order valence-electron chi connectivity index (χ2n) is 10.0. The van der Waals surface area contributed by atoms with E-state index in [-0.39, 0.29) is 41.7 Å². The lowest BCUT2D eigenvalue weighted by Gasteiger charge is -2.46. The number of methoxy groups -OCH3 is 1. The van der Waals surface area contributed by atoms with E-state index in [1.807, 2.05) is 6.07 Å². The van der Waals surface area contributed by atoms with Crippen molar-refractivity contribution in [3.8, 4) is 6.07 Å². The largest absolute Gasteiger partial charge is 0.416 e. The molecule has 2 aliphatic heterocycles. The molecule has 0 bridgehead atoms. The Kier molecular flexibility index (Phi) is 7.38. The van der Waals surface area contributed by atoms with Gasteiger partial charge in [0, 0.05) is 37.9 Å². The highest BCUT2D eigenvalue weighted by atomic mass is 19.4. The predicted molar refractivity (Wildman–Crippen MR) is 138 cm³/mol. The topological polar surface area (TPSA) is 93.9 Å². The molecule has 3 aliphatic rings. The monoisotopic (exact) mass is 552 g/mol. The van der Waals surface area contributed by atoms with Gasteiger partial charge in [0.15, 0.2) is 5.78 Å². The van der Waals surface area contributed by atoms with Crippen molar-refractivity contribution in [1.82, 2.24) is 9.80 Å². The number of carbonyl (C=O) groups is 3. The van der Waals surface area contributed by atoms with Crippen molar-refractivity contribution in [2.45, 2.75) is 50.4 Å². The molecule has 1 saturated heterocycles. The third-order valence-electron chi connectivity index (χ3n) is 7.67. The van der Waals surface area contributed by atoms with Gasteiger partial charge in [0.2, 0.25) is 0 Å². The lowest BCUT2D eigenvalue weighted by atomic mass is 9.83. The molecule has 0 radical (unpaired) electrons. The number of amides is 4. The lowest BCUT2D eigenvalue weighted by molar-refractivity contribution is -0.137. The van der Waals surface area contributed by atoms with Crippen LogP contribution in [-0.4, -0.2) is 53.9 Å². The number of imide groups is 1. The van der Waals surface area contributed by atoms with Crippen LogP contribution in [-0.2, 0) is 15.7 Å². The minimum atomic E-state index is -4.65. The van der Waals surface area contributed by atoms with E-state index in [9.17, 15) is 32.8 Å². The van der Waals surface area contributed by atoms with Gasteiger partial charge in [0.05, 0.1) is 35.0 Å². The third-order valence-corrected chi connectivity index (χ3v) is 7.67. The molecule has 1 atom stereocenters. The third kappa shape index (κ3) is 4.95. The molecule has 1 fully saturated rings. The predicted octanol–water partition coefficient (Wildman–Crippen LogP) is 5.80. The molecule has 4 amide bonds. The number of anilines is 1. The lowest BCUT2D eigenvalue weighted by Crippen LogP contribution is -2.58. The molecule has 2 aromatic rings. The van der Waals surface area contributed by atoms with Gasteiger partial charge >= 0.3 is 18.2 Å². The van der Waals surface area contributed by atoms with Crippen LogP contribution in [0, 0.1) is 11.3 Å². The van der Waals surface area contributed by atoms with Crippen LogP contribution in [0.25, 0.3) is 0 Å². The normalized spacial score (nSPS) is 20.5. The van der Waals surface area contributed by atoms with E-state index in [0.717, 1.165) is 21.9 Å². The number of hydrogen-bond acceptors (Lipinski definition) is 5. The fraction of sp³-hybridized carbons (Fsp3) is 0.379. The minimum Gasteiger partial charge on any atom is -0.381 e. The van der Waals surface area contributed by atoms with Crippen LogP contribution in [0.1, 0.15) is 54.8 Å². The number of likely N-dealkylation sites (tertiary alicyclic amines) is 1. The van der Waals surface area contributed by atoms with Gasteiger partial charge in [0.1, 0.15) is 0 Å². The maximum absolute atomic E-state index is 14.3. The van der Waals surface area contributed by atoms with Gasteiger partial charge in [-0.2, -0.15) is 18.4 Å². The standard InChI is InChI=1S/C29H27F3N4O4/c1-40-22-12-14-34(15-13-22)27(38)36-26(19-10-8-18(17-33)9-11-19)25-23(6-3-7-24(25)37)35(28(36)39)21-5-2-4-20(16-21)29(30,31)32/h2,4-5,8-11,16,22,26H,3,6-7,12-15H2,1H3. The summed E-state index contributed by atoms with van der Waals surface area (Å²) in [5, 5.41) is 9.27. The zero-order valence-electron chi connectivity index (χ0n) is 21.8. The zero-order valence-corrected chi connectivity index (χ0v) is 21.8. The second kappa shape index (κ2) is 10.8. The van der Waals surface area contributed by atoms with Gasteiger partial charge in [-0.05, 0) is 61.6 Å². The number of nitrogens with zero attached hydrogens (tertiary/aromatic N) is 4. The summed E-state index contributed by atoms with van der Waals surface area (Å²) in [4.78, 5) is 45.4. The Hall–Kier alpha value is -4.17. The molecule has 5 rings (SSSR count). The van der Waals surface area contributed by atoms with Crippen molar-refractivity contribution in [2.75, 3.05) is 25.1 Å². The van der Waals surface area contributed by atoms with Gasteiger partial charge in [-0.3, -0.25) is 9.69 Å². The Morgan fingerprint density at radius 1 is 1.05 bits per heavy atom. The Morgan fingerprint density at radius 2 is 1.75 bits per heavy atom. The zero-order chi connectivity index (χ0) is 28.6. The summed E-state index contributed by atoms with van der Waals surface area (Å²) < 4.78 is 46.2. The summed E-state index contributed by atoms with van der Waals surface area (Å²) in [6, 6.07) is 10.1. The van der Waals surface area contributed by atoms with Crippen LogP contribution in [0.2, 0.25) is 0 Å². The van der Waals surface area contributed by atoms with E-state index in [1.54, 1.807) is 31.4 Å². The smallest absolute Gasteiger partial charge is 0.381 e. The molecule has 1 aliphatic carbocycles. The number of allylic oxidation sites excluding steroid dienone is 1. The average Bonchev–Trinajstić information content (AvgIpc) is 2.96. The van der Waals surface area contributed by atoms with Gasteiger partial charge in [-0.1, -0.05) is 18.2 Å². The highest BCUT2D eigenvalue weighted by Gasteiger charge is 2.48. The van der Waals surface area contributed by atoms with Crippen molar-refractivity contribution in [3.63, 3.8) is 0 Å². The maximum atomic E-state index is 14.3.